The fraction of sp³-hybridized carbons (Fsp3) is 0.400. The van der Waals surface area contributed by atoms with Crippen LogP contribution in [0.5, 0.6) is 0 Å². The Hall–Kier alpha value is -0.830. The van der Waals surface area contributed by atoms with Crippen LogP contribution in [0.15, 0.2) is 12.3 Å². The Kier molecular flexibility index (Phi) is 0.877. The van der Waals surface area contributed by atoms with Crippen molar-refractivity contribution >= 4 is 5.97 Å². The van der Waals surface area contributed by atoms with Crippen molar-refractivity contribution < 1.29 is 14.6 Å². The first-order valence-electron chi connectivity index (χ1n) is 2.24. The minimum Gasteiger partial charge on any atom is -0.432 e. The van der Waals surface area contributed by atoms with E-state index >= 15 is 0 Å². The average Bonchev–Trinajstić information content (AvgIpc) is 1.86. The van der Waals surface area contributed by atoms with Crippen LogP contribution in [-0.2, 0) is 9.53 Å². The van der Waals surface area contributed by atoms with Gasteiger partial charge in [-0.25, -0.2) is 4.79 Å². The van der Waals surface area contributed by atoms with Crippen molar-refractivity contribution in [2.24, 2.45) is 0 Å². The highest BCUT2D eigenvalue weighted by atomic mass is 16.6. The molecule has 0 aromatic heterocycles. The van der Waals surface area contributed by atoms with E-state index in [4.69, 9.17) is 5.11 Å². The first kappa shape index (κ1) is 5.31. The summed E-state index contributed by atoms with van der Waals surface area (Å²) in [4.78, 5) is 10.4. The minimum atomic E-state index is -1.39. The maximum absolute atomic E-state index is 10.4. The SMILES string of the molecule is CC1(O)C=COC1=O. The Morgan fingerprint density at radius 3 is 2.62 bits per heavy atom. The molecule has 1 rings (SSSR count). The molecule has 3 heteroatoms. The fourth-order valence-corrected chi connectivity index (χ4v) is 0.416. The van der Waals surface area contributed by atoms with E-state index in [1.54, 1.807) is 0 Å². The van der Waals surface area contributed by atoms with E-state index in [-0.39, 0.29) is 0 Å². The number of aliphatic hydroxyl groups is 1. The smallest absolute Gasteiger partial charge is 0.346 e. The molecule has 1 unspecified atom stereocenters. The number of rotatable bonds is 0. The molecule has 0 aliphatic carbocycles. The van der Waals surface area contributed by atoms with Crippen molar-refractivity contribution in [3.63, 3.8) is 0 Å². The molecule has 0 spiro atoms. The van der Waals surface area contributed by atoms with Gasteiger partial charge in [-0.2, -0.15) is 0 Å². The molecule has 0 aromatic carbocycles. The van der Waals surface area contributed by atoms with Crippen molar-refractivity contribution in [3.05, 3.63) is 12.3 Å². The van der Waals surface area contributed by atoms with Crippen molar-refractivity contribution in [1.82, 2.24) is 0 Å². The fourth-order valence-electron chi connectivity index (χ4n) is 0.416. The second-order valence-electron chi connectivity index (χ2n) is 1.86. The second kappa shape index (κ2) is 1.32. The average molecular weight is 114 g/mol. The Morgan fingerprint density at radius 1 is 1.88 bits per heavy atom. The number of hydrogen-bond acceptors (Lipinski definition) is 3. The number of ether oxygens (including phenoxy) is 1. The molecule has 8 heavy (non-hydrogen) atoms. The Bertz CT molecular complexity index is 146. The number of carbonyl (C=O) groups is 1. The van der Waals surface area contributed by atoms with Gasteiger partial charge in [-0.15, -0.1) is 0 Å². The largest absolute Gasteiger partial charge is 0.432 e. The van der Waals surface area contributed by atoms with Gasteiger partial charge in [0.05, 0.1) is 6.26 Å². The van der Waals surface area contributed by atoms with Gasteiger partial charge in [0.15, 0.2) is 5.60 Å². The van der Waals surface area contributed by atoms with Gasteiger partial charge in [-0.05, 0) is 13.0 Å². The molecule has 1 heterocycles. The van der Waals surface area contributed by atoms with Gasteiger partial charge in [-0.3, -0.25) is 0 Å². The molecule has 3 nitrogen and oxygen atoms in total. The van der Waals surface area contributed by atoms with Crippen LogP contribution in [0.1, 0.15) is 6.92 Å². The molecule has 1 atom stereocenters. The quantitative estimate of drug-likeness (QED) is 0.444. The summed E-state index contributed by atoms with van der Waals surface area (Å²) in [5, 5.41) is 8.90. The zero-order valence-corrected chi connectivity index (χ0v) is 4.42. The Labute approximate surface area is 46.6 Å². The molecule has 0 saturated heterocycles. The maximum atomic E-state index is 10.4. The summed E-state index contributed by atoms with van der Waals surface area (Å²) in [6.45, 7) is 1.37. The monoisotopic (exact) mass is 114 g/mol. The van der Waals surface area contributed by atoms with E-state index < -0.39 is 11.6 Å². The summed E-state index contributed by atoms with van der Waals surface area (Å²) >= 11 is 0. The molecule has 0 amide bonds. The first-order valence-corrected chi connectivity index (χ1v) is 2.24. The normalized spacial score (nSPS) is 35.5. The van der Waals surface area contributed by atoms with E-state index in [0.29, 0.717) is 0 Å². The van der Waals surface area contributed by atoms with Crippen LogP contribution < -0.4 is 0 Å². The summed E-state index contributed by atoms with van der Waals surface area (Å²) in [6, 6.07) is 0. The first-order chi connectivity index (χ1) is 3.63. The summed E-state index contributed by atoms with van der Waals surface area (Å²) in [7, 11) is 0. The van der Waals surface area contributed by atoms with Gasteiger partial charge in [0.2, 0.25) is 0 Å². The topological polar surface area (TPSA) is 46.5 Å². The van der Waals surface area contributed by atoms with Gasteiger partial charge in [0, 0.05) is 0 Å². The minimum absolute atomic E-state index is 0.613. The van der Waals surface area contributed by atoms with Gasteiger partial charge in [0.1, 0.15) is 0 Å². The Balaban J connectivity index is 2.82. The highest BCUT2D eigenvalue weighted by Crippen LogP contribution is 2.13. The number of esters is 1. The predicted molar refractivity (Wildman–Crippen MR) is 25.9 cm³/mol. The highest BCUT2D eigenvalue weighted by Gasteiger charge is 2.32. The maximum Gasteiger partial charge on any atom is 0.346 e. The third-order valence-corrected chi connectivity index (χ3v) is 0.981. The zero-order chi connectivity index (χ0) is 6.20. The summed E-state index contributed by atoms with van der Waals surface area (Å²) in [6.07, 6.45) is 2.48. The molecule has 0 aromatic rings. The molecule has 1 N–H and O–H groups in total. The Morgan fingerprint density at radius 2 is 2.50 bits per heavy atom. The van der Waals surface area contributed by atoms with Crippen LogP contribution in [-0.4, -0.2) is 16.7 Å². The lowest BCUT2D eigenvalue weighted by atomic mass is 10.1. The lowest BCUT2D eigenvalue weighted by molar-refractivity contribution is -0.149. The zero-order valence-electron chi connectivity index (χ0n) is 4.42. The molecule has 0 fully saturated rings. The van der Waals surface area contributed by atoms with Gasteiger partial charge < -0.3 is 9.84 Å². The third kappa shape index (κ3) is 0.607. The molecular formula is C5H6O3. The van der Waals surface area contributed by atoms with Crippen molar-refractivity contribution in [3.8, 4) is 0 Å². The van der Waals surface area contributed by atoms with Gasteiger partial charge in [-0.1, -0.05) is 0 Å². The van der Waals surface area contributed by atoms with Crippen LogP contribution >= 0.6 is 0 Å². The van der Waals surface area contributed by atoms with E-state index in [1.165, 1.54) is 19.3 Å². The molecule has 0 bridgehead atoms. The van der Waals surface area contributed by atoms with Crippen LogP contribution in [0.2, 0.25) is 0 Å². The van der Waals surface area contributed by atoms with Crippen LogP contribution in [0.25, 0.3) is 0 Å². The van der Waals surface area contributed by atoms with Crippen molar-refractivity contribution in [2.75, 3.05) is 0 Å². The van der Waals surface area contributed by atoms with E-state index in [9.17, 15) is 4.79 Å². The number of cyclic esters (lactones) is 1. The molecule has 0 saturated carbocycles. The predicted octanol–water partition coefficient (Wildman–Crippen LogP) is -0.192. The van der Waals surface area contributed by atoms with Gasteiger partial charge >= 0.3 is 5.97 Å². The summed E-state index contributed by atoms with van der Waals surface area (Å²) in [5.74, 6) is -0.613. The van der Waals surface area contributed by atoms with E-state index in [1.807, 2.05) is 0 Å². The van der Waals surface area contributed by atoms with Crippen molar-refractivity contribution in [1.29, 1.82) is 0 Å². The van der Waals surface area contributed by atoms with E-state index in [2.05, 4.69) is 4.74 Å². The molecule has 1 aliphatic heterocycles. The van der Waals surface area contributed by atoms with E-state index in [0.717, 1.165) is 0 Å². The molecule has 44 valence electrons. The number of carbonyl (C=O) groups excluding carboxylic acids is 1. The molecule has 1 aliphatic rings. The van der Waals surface area contributed by atoms with Gasteiger partial charge in [0.25, 0.3) is 0 Å². The second-order valence-corrected chi connectivity index (χ2v) is 1.86. The molecule has 0 radical (unpaired) electrons. The lowest BCUT2D eigenvalue weighted by Gasteiger charge is -2.06. The van der Waals surface area contributed by atoms with Crippen molar-refractivity contribution in [2.45, 2.75) is 12.5 Å². The standard InChI is InChI=1S/C5H6O3/c1-5(7)2-3-8-4(5)6/h2-3,7H,1H3. The van der Waals surface area contributed by atoms with Crippen LogP contribution in [0, 0.1) is 0 Å². The number of hydrogen-bond donors (Lipinski definition) is 1. The van der Waals surface area contributed by atoms with Crippen LogP contribution in [0.4, 0.5) is 0 Å². The third-order valence-electron chi connectivity index (χ3n) is 0.981. The summed E-state index contributed by atoms with van der Waals surface area (Å²) in [5.41, 5.74) is -1.39. The van der Waals surface area contributed by atoms with Crippen LogP contribution in [0.3, 0.4) is 0 Å². The highest BCUT2D eigenvalue weighted by molar-refractivity contribution is 5.83. The lowest BCUT2D eigenvalue weighted by Crippen LogP contribution is -2.28. The molecular weight excluding hydrogens is 108 g/mol. The summed E-state index contributed by atoms with van der Waals surface area (Å²) < 4.78 is 4.30.